The van der Waals surface area contributed by atoms with Gasteiger partial charge in [0.1, 0.15) is 6.26 Å². The van der Waals surface area contributed by atoms with E-state index in [4.69, 9.17) is 11.0 Å². The van der Waals surface area contributed by atoms with E-state index in [1.165, 1.54) is 0 Å². The summed E-state index contributed by atoms with van der Waals surface area (Å²) in [5, 5.41) is 8.56. The highest BCUT2D eigenvalue weighted by Gasteiger charge is 2.08. The molecule has 0 spiro atoms. The molecule has 0 aliphatic carbocycles. The van der Waals surface area contributed by atoms with E-state index in [0.717, 1.165) is 6.26 Å². The average molecular weight is 157 g/mol. The van der Waals surface area contributed by atoms with Gasteiger partial charge in [-0.3, -0.25) is 0 Å². The maximum absolute atomic E-state index is 10.4. The third-order valence-corrected chi connectivity index (χ3v) is 1.27. The van der Waals surface area contributed by atoms with Gasteiger partial charge in [0.2, 0.25) is 0 Å². The normalized spacial score (nSPS) is 13.0. The van der Waals surface area contributed by atoms with Crippen molar-refractivity contribution >= 4 is 5.97 Å². The second kappa shape index (κ2) is 4.51. The quantitative estimate of drug-likeness (QED) is 0.275. The lowest BCUT2D eigenvalue weighted by atomic mass is 10.1. The number of carbonyl (C=O) groups is 1. The minimum Gasteiger partial charge on any atom is -0.478 e. The van der Waals surface area contributed by atoms with Crippen LogP contribution in [0.3, 0.4) is 0 Å². The minimum atomic E-state index is -1.05. The van der Waals surface area contributed by atoms with Crippen LogP contribution in [-0.2, 0) is 9.63 Å². The second-order valence-corrected chi connectivity index (χ2v) is 1.94. The highest BCUT2D eigenvalue weighted by Crippen LogP contribution is 2.08. The number of allylic oxidation sites excluding steroid dienone is 1. The topological polar surface area (TPSA) is 72.5 Å². The molecule has 0 aliphatic heterocycles. The molecule has 0 amide bonds. The lowest BCUT2D eigenvalue weighted by Crippen LogP contribution is -2.04. The van der Waals surface area contributed by atoms with Gasteiger partial charge in [-0.15, -0.1) is 0 Å². The van der Waals surface area contributed by atoms with E-state index in [-0.39, 0.29) is 5.57 Å². The first-order valence-electron chi connectivity index (χ1n) is 3.05. The summed E-state index contributed by atoms with van der Waals surface area (Å²) < 4.78 is 0. The summed E-state index contributed by atoms with van der Waals surface area (Å²) in [7, 11) is 0. The lowest BCUT2D eigenvalue weighted by Gasteiger charge is -1.99. The van der Waals surface area contributed by atoms with Gasteiger partial charge >= 0.3 is 5.97 Å². The molecule has 0 atom stereocenters. The van der Waals surface area contributed by atoms with Gasteiger partial charge in [-0.2, -0.15) is 5.90 Å². The van der Waals surface area contributed by atoms with Crippen LogP contribution in [0.1, 0.15) is 13.8 Å². The number of carboxylic acid groups (broad SMARTS) is 1. The molecule has 0 radical (unpaired) electrons. The van der Waals surface area contributed by atoms with Crippen LogP contribution in [0, 0.1) is 0 Å². The molecule has 0 aromatic heterocycles. The van der Waals surface area contributed by atoms with Crippen LogP contribution >= 0.6 is 0 Å². The zero-order valence-corrected chi connectivity index (χ0v) is 6.50. The van der Waals surface area contributed by atoms with Crippen molar-refractivity contribution in [1.82, 2.24) is 0 Å². The third-order valence-electron chi connectivity index (χ3n) is 1.27. The molecule has 0 rings (SSSR count). The SMILES string of the molecule is C/C=C(C)\C(=C/ON)C(=O)O. The van der Waals surface area contributed by atoms with E-state index < -0.39 is 5.97 Å². The fourth-order valence-electron chi connectivity index (χ4n) is 0.536. The Morgan fingerprint density at radius 3 is 2.45 bits per heavy atom. The predicted octanol–water partition coefficient (Wildman–Crippen LogP) is 0.811. The van der Waals surface area contributed by atoms with Crippen LogP contribution < -0.4 is 5.90 Å². The summed E-state index contributed by atoms with van der Waals surface area (Å²) in [6, 6.07) is 0. The molecule has 3 N–H and O–H groups in total. The molecular formula is C7H11NO3. The Morgan fingerprint density at radius 2 is 2.18 bits per heavy atom. The molecule has 0 heterocycles. The number of aliphatic carboxylic acids is 1. The molecule has 0 bridgehead atoms. The number of hydrogen-bond donors (Lipinski definition) is 2. The summed E-state index contributed by atoms with van der Waals surface area (Å²) in [6.07, 6.45) is 2.66. The van der Waals surface area contributed by atoms with Crippen LogP contribution in [-0.4, -0.2) is 11.1 Å². The number of carboxylic acids is 1. The second-order valence-electron chi connectivity index (χ2n) is 1.94. The molecule has 4 heteroatoms. The van der Waals surface area contributed by atoms with Crippen molar-refractivity contribution in [2.75, 3.05) is 0 Å². The van der Waals surface area contributed by atoms with E-state index in [0.29, 0.717) is 5.57 Å². The average Bonchev–Trinajstić information content (AvgIpc) is 1.98. The first-order chi connectivity index (χ1) is 5.13. The zero-order chi connectivity index (χ0) is 8.85. The van der Waals surface area contributed by atoms with Crippen molar-refractivity contribution in [3.8, 4) is 0 Å². The van der Waals surface area contributed by atoms with Crippen LogP contribution in [0.15, 0.2) is 23.5 Å². The molecule has 0 fully saturated rings. The standard InChI is InChI=1S/C7H11NO3/c1-3-5(2)6(4-11-8)7(9)10/h3-4H,8H2,1-2H3,(H,9,10)/b5-3-,6-4+. The summed E-state index contributed by atoms with van der Waals surface area (Å²) in [6.45, 7) is 3.40. The van der Waals surface area contributed by atoms with Crippen molar-refractivity contribution in [2.45, 2.75) is 13.8 Å². The fraction of sp³-hybridized carbons (Fsp3) is 0.286. The van der Waals surface area contributed by atoms with E-state index in [1.807, 2.05) is 0 Å². The molecule has 62 valence electrons. The molecule has 4 nitrogen and oxygen atoms in total. The molecule has 0 saturated heterocycles. The Labute approximate surface area is 64.9 Å². The maximum Gasteiger partial charge on any atom is 0.339 e. The summed E-state index contributed by atoms with van der Waals surface area (Å²) in [4.78, 5) is 14.5. The first kappa shape index (κ1) is 9.71. The van der Waals surface area contributed by atoms with Crippen molar-refractivity contribution in [3.05, 3.63) is 23.5 Å². The summed E-state index contributed by atoms with van der Waals surface area (Å²) >= 11 is 0. The monoisotopic (exact) mass is 157 g/mol. The number of nitrogens with two attached hydrogens (primary N) is 1. The Kier molecular flexibility index (Phi) is 3.98. The van der Waals surface area contributed by atoms with Crippen molar-refractivity contribution in [3.63, 3.8) is 0 Å². The molecule has 0 aromatic rings. The van der Waals surface area contributed by atoms with Crippen molar-refractivity contribution in [1.29, 1.82) is 0 Å². The molecule has 0 unspecified atom stereocenters. The van der Waals surface area contributed by atoms with E-state index in [9.17, 15) is 4.79 Å². The van der Waals surface area contributed by atoms with E-state index in [2.05, 4.69) is 4.84 Å². The van der Waals surface area contributed by atoms with Crippen LogP contribution in [0.25, 0.3) is 0 Å². The zero-order valence-electron chi connectivity index (χ0n) is 6.50. The molecule has 0 aliphatic rings. The summed E-state index contributed by atoms with van der Waals surface area (Å²) in [5.41, 5.74) is 0.679. The van der Waals surface area contributed by atoms with Gasteiger partial charge < -0.3 is 9.94 Å². The highest BCUT2D eigenvalue weighted by molar-refractivity contribution is 5.91. The summed E-state index contributed by atoms with van der Waals surface area (Å²) in [5.74, 6) is 3.64. The van der Waals surface area contributed by atoms with Gasteiger partial charge in [-0.1, -0.05) is 6.08 Å². The van der Waals surface area contributed by atoms with E-state index in [1.54, 1.807) is 19.9 Å². The van der Waals surface area contributed by atoms with Crippen molar-refractivity contribution < 1.29 is 14.7 Å². The molecule has 0 saturated carbocycles. The Hall–Kier alpha value is -1.29. The van der Waals surface area contributed by atoms with Crippen molar-refractivity contribution in [2.24, 2.45) is 5.90 Å². The number of rotatable bonds is 3. The van der Waals surface area contributed by atoms with Gasteiger partial charge in [0.15, 0.2) is 0 Å². The predicted molar refractivity (Wildman–Crippen MR) is 40.4 cm³/mol. The van der Waals surface area contributed by atoms with Crippen LogP contribution in [0.4, 0.5) is 0 Å². The molecular weight excluding hydrogens is 146 g/mol. The van der Waals surface area contributed by atoms with E-state index >= 15 is 0 Å². The van der Waals surface area contributed by atoms with Crippen LogP contribution in [0.2, 0.25) is 0 Å². The first-order valence-corrected chi connectivity index (χ1v) is 3.05. The Bertz CT molecular complexity index is 206. The number of hydrogen-bond acceptors (Lipinski definition) is 3. The Balaban J connectivity index is 4.62. The molecule has 11 heavy (non-hydrogen) atoms. The highest BCUT2D eigenvalue weighted by atomic mass is 16.6. The largest absolute Gasteiger partial charge is 0.478 e. The van der Waals surface area contributed by atoms with Gasteiger partial charge in [0, 0.05) is 0 Å². The van der Waals surface area contributed by atoms with Crippen LogP contribution in [0.5, 0.6) is 0 Å². The lowest BCUT2D eigenvalue weighted by molar-refractivity contribution is -0.132. The van der Waals surface area contributed by atoms with Gasteiger partial charge in [0.25, 0.3) is 0 Å². The smallest absolute Gasteiger partial charge is 0.339 e. The van der Waals surface area contributed by atoms with Gasteiger partial charge in [-0.25, -0.2) is 4.79 Å². The van der Waals surface area contributed by atoms with Gasteiger partial charge in [-0.05, 0) is 19.4 Å². The van der Waals surface area contributed by atoms with Gasteiger partial charge in [0.05, 0.1) is 5.57 Å². The maximum atomic E-state index is 10.4. The Morgan fingerprint density at radius 1 is 1.64 bits per heavy atom. The molecule has 0 aromatic carbocycles. The third kappa shape index (κ3) is 2.86. The fourth-order valence-corrected chi connectivity index (χ4v) is 0.536. The minimum absolute atomic E-state index is 0.0648.